The van der Waals surface area contributed by atoms with Crippen molar-refractivity contribution in [2.45, 2.75) is 6.42 Å². The van der Waals surface area contributed by atoms with Crippen LogP contribution in [0.5, 0.6) is 0 Å². The van der Waals surface area contributed by atoms with Crippen molar-refractivity contribution in [2.75, 3.05) is 19.0 Å². The van der Waals surface area contributed by atoms with Gasteiger partial charge in [0.25, 0.3) is 10.1 Å². The molecule has 3 N–H and O–H groups in total. The molecule has 0 aliphatic heterocycles. The van der Waals surface area contributed by atoms with Gasteiger partial charge in [-0.3, -0.25) is 4.55 Å². The van der Waals surface area contributed by atoms with Gasteiger partial charge in [0.05, 0.1) is 0 Å². The number of aliphatic hydroxyl groups is 1. The van der Waals surface area contributed by atoms with Crippen LogP contribution in [0.4, 0.5) is 0 Å². The van der Waals surface area contributed by atoms with Gasteiger partial charge in [0.2, 0.25) is 0 Å². The molecule has 0 aromatic carbocycles. The first-order valence-corrected chi connectivity index (χ1v) is 4.44. The second-order valence-electron chi connectivity index (χ2n) is 1.80. The van der Waals surface area contributed by atoms with Crippen LogP contribution in [0.1, 0.15) is 7.85 Å². The summed E-state index contributed by atoms with van der Waals surface area (Å²) < 4.78 is 28.2. The van der Waals surface area contributed by atoms with Crippen molar-refractivity contribution in [1.29, 1.82) is 0 Å². The first kappa shape index (κ1) is 14.4. The van der Waals surface area contributed by atoms with Gasteiger partial charge >= 0.3 is 29.6 Å². The summed E-state index contributed by atoms with van der Waals surface area (Å²) in [6.45, 7) is 0.398. The molecule has 0 radical (unpaired) electrons. The van der Waals surface area contributed by atoms with Crippen LogP contribution in [0.15, 0.2) is 0 Å². The Balaban J connectivity index is -0.000000405. The summed E-state index contributed by atoms with van der Waals surface area (Å²) >= 11 is 0. The van der Waals surface area contributed by atoms with Crippen LogP contribution in [0, 0.1) is 0 Å². The van der Waals surface area contributed by atoms with Gasteiger partial charge in [0.15, 0.2) is 0 Å². The van der Waals surface area contributed by atoms with E-state index in [-0.39, 0.29) is 37.6 Å². The van der Waals surface area contributed by atoms with Crippen LogP contribution in [-0.4, -0.2) is 37.1 Å². The zero-order chi connectivity index (χ0) is 8.04. The number of hydrogen-bond donors (Lipinski definition) is 3. The molecule has 0 spiro atoms. The molecule has 0 atom stereocenters. The number of rotatable bonds is 5. The van der Waals surface area contributed by atoms with E-state index < -0.39 is 16.0 Å². The second kappa shape index (κ2) is 7.48. The molecule has 0 saturated carbocycles. The number of nitrogens with one attached hydrogen (secondary N) is 1. The van der Waals surface area contributed by atoms with Crippen LogP contribution >= 0.6 is 0 Å². The molecule has 0 rings (SSSR count). The van der Waals surface area contributed by atoms with E-state index >= 15 is 0 Å². The van der Waals surface area contributed by atoms with Gasteiger partial charge in [-0.2, -0.15) is 8.42 Å². The summed E-state index contributed by atoms with van der Waals surface area (Å²) in [4.78, 5) is 0. The smallest absolute Gasteiger partial charge is 1.00 e. The molecular weight excluding hydrogens is 181 g/mol. The zero-order valence-corrected chi connectivity index (χ0v) is 9.26. The average Bonchev–Trinajstić information content (AvgIpc) is 1.78. The molecule has 11 heavy (non-hydrogen) atoms. The summed E-state index contributed by atoms with van der Waals surface area (Å²) in [6.07, 6.45) is 0.482. The zero-order valence-electron chi connectivity index (χ0n) is 7.45. The third-order valence-electron chi connectivity index (χ3n) is 0.796. The van der Waals surface area contributed by atoms with E-state index in [4.69, 9.17) is 9.66 Å². The van der Waals surface area contributed by atoms with Crippen LogP contribution in [0.25, 0.3) is 0 Å². The predicted octanol–water partition coefficient (Wildman–Crippen LogP) is -4.08. The van der Waals surface area contributed by atoms with Crippen molar-refractivity contribution >= 4 is 10.1 Å². The SMILES string of the molecule is O=S(=O)(O)CNCCCO.[H-].[Na+]. The fraction of sp³-hybridized carbons (Fsp3) is 1.00. The standard InChI is InChI=1S/C4H11NO4S.Na.H/c6-3-1-2-5-4-10(7,8)9;;/h5-6H,1-4H2,(H,7,8,9);;/q;+1;-1. The molecule has 7 heteroatoms. The summed E-state index contributed by atoms with van der Waals surface area (Å²) in [5, 5.41) is 10.7. The van der Waals surface area contributed by atoms with Gasteiger partial charge < -0.3 is 11.8 Å². The Kier molecular flexibility index (Phi) is 9.76. The van der Waals surface area contributed by atoms with Crippen LogP contribution in [0.2, 0.25) is 0 Å². The molecule has 0 bridgehead atoms. The van der Waals surface area contributed by atoms with Gasteiger partial charge in [-0.15, -0.1) is 0 Å². The Morgan fingerprint density at radius 3 is 2.36 bits per heavy atom. The molecule has 64 valence electrons. The minimum atomic E-state index is -3.90. The Hall–Kier alpha value is 0.830. The number of aliphatic hydroxyl groups excluding tert-OH is 1. The van der Waals surface area contributed by atoms with Crippen LogP contribution in [-0.2, 0) is 10.1 Å². The second-order valence-corrected chi connectivity index (χ2v) is 3.26. The Morgan fingerprint density at radius 1 is 1.45 bits per heavy atom. The summed E-state index contributed by atoms with van der Waals surface area (Å²) in [5.41, 5.74) is 0. The summed E-state index contributed by atoms with van der Waals surface area (Å²) in [5.74, 6) is -0.451. The van der Waals surface area contributed by atoms with E-state index in [1.807, 2.05) is 0 Å². The fourth-order valence-corrected chi connectivity index (χ4v) is 0.807. The van der Waals surface area contributed by atoms with E-state index in [1.54, 1.807) is 0 Å². The van der Waals surface area contributed by atoms with E-state index in [0.29, 0.717) is 13.0 Å². The van der Waals surface area contributed by atoms with E-state index in [9.17, 15) is 8.42 Å². The Labute approximate surface area is 89.7 Å². The molecule has 0 aromatic rings. The predicted molar refractivity (Wildman–Crippen MR) is 37.2 cm³/mol. The summed E-state index contributed by atoms with van der Waals surface area (Å²) in [6, 6.07) is 0. The maximum absolute atomic E-state index is 10.0. The van der Waals surface area contributed by atoms with Crippen LogP contribution < -0.4 is 34.9 Å². The van der Waals surface area contributed by atoms with Crippen molar-refractivity contribution < 1.29 is 49.1 Å². The molecule has 0 unspecified atom stereocenters. The van der Waals surface area contributed by atoms with Crippen molar-refractivity contribution in [1.82, 2.24) is 5.32 Å². The van der Waals surface area contributed by atoms with Crippen molar-refractivity contribution in [2.24, 2.45) is 0 Å². The molecule has 0 aromatic heterocycles. The van der Waals surface area contributed by atoms with Crippen molar-refractivity contribution in [3.8, 4) is 0 Å². The van der Waals surface area contributed by atoms with Gasteiger partial charge in [0, 0.05) is 6.61 Å². The topological polar surface area (TPSA) is 86.6 Å². The Bertz CT molecular complexity index is 174. The maximum Gasteiger partial charge on any atom is 1.00 e. The van der Waals surface area contributed by atoms with Crippen molar-refractivity contribution in [3.63, 3.8) is 0 Å². The molecule has 0 amide bonds. The number of hydrogen-bond acceptors (Lipinski definition) is 4. The minimum absolute atomic E-state index is 0. The van der Waals surface area contributed by atoms with Crippen molar-refractivity contribution in [3.05, 3.63) is 0 Å². The molecule has 0 aliphatic rings. The maximum atomic E-state index is 10.0. The van der Waals surface area contributed by atoms with E-state index in [0.717, 1.165) is 0 Å². The van der Waals surface area contributed by atoms with Gasteiger partial charge in [-0.1, -0.05) is 0 Å². The van der Waals surface area contributed by atoms with Gasteiger partial charge in [0.1, 0.15) is 5.88 Å². The fourth-order valence-electron chi connectivity index (χ4n) is 0.405. The quantitative estimate of drug-likeness (QED) is 0.235. The van der Waals surface area contributed by atoms with E-state index in [1.165, 1.54) is 0 Å². The van der Waals surface area contributed by atoms with E-state index in [2.05, 4.69) is 5.32 Å². The monoisotopic (exact) mass is 193 g/mol. The molecular formula is C4H12NNaO4S. The molecule has 0 aliphatic carbocycles. The first-order chi connectivity index (χ1) is 4.56. The largest absolute Gasteiger partial charge is 1.00 e. The third kappa shape index (κ3) is 13.8. The molecule has 0 fully saturated rings. The third-order valence-corrected chi connectivity index (χ3v) is 1.37. The normalized spacial score (nSPS) is 10.7. The molecule has 0 heterocycles. The molecule has 0 saturated heterocycles. The summed E-state index contributed by atoms with van der Waals surface area (Å²) in [7, 11) is -3.90. The Morgan fingerprint density at radius 2 is 2.00 bits per heavy atom. The van der Waals surface area contributed by atoms with Crippen LogP contribution in [0.3, 0.4) is 0 Å². The molecule has 5 nitrogen and oxygen atoms in total. The first-order valence-electron chi connectivity index (χ1n) is 2.83. The minimum Gasteiger partial charge on any atom is -1.00 e. The van der Waals surface area contributed by atoms with Gasteiger partial charge in [-0.25, -0.2) is 0 Å². The average molecular weight is 193 g/mol. The van der Waals surface area contributed by atoms with Gasteiger partial charge in [-0.05, 0) is 13.0 Å².